The van der Waals surface area contributed by atoms with Crippen molar-refractivity contribution >= 4 is 17.6 Å². The number of hydrogen-bond acceptors (Lipinski definition) is 4. The number of carboxylic acids is 1. The Morgan fingerprint density at radius 2 is 2.05 bits per heavy atom. The molecular formula is C13H20N2O4. The third kappa shape index (κ3) is 3.45. The first-order valence-electron chi connectivity index (χ1n) is 6.86. The normalized spacial score (nSPS) is 30.4. The number of carbonyl (C=O) groups is 2. The van der Waals surface area contributed by atoms with Gasteiger partial charge in [-0.1, -0.05) is 18.5 Å². The fourth-order valence-corrected chi connectivity index (χ4v) is 2.65. The summed E-state index contributed by atoms with van der Waals surface area (Å²) < 4.78 is 0. The molecule has 0 radical (unpaired) electrons. The number of carbonyl (C=O) groups excluding carboxylic acids is 1. The average Bonchev–Trinajstić information content (AvgIpc) is 2.89. The van der Waals surface area contributed by atoms with Crippen molar-refractivity contribution in [3.63, 3.8) is 0 Å². The molecule has 2 aliphatic rings. The van der Waals surface area contributed by atoms with Crippen LogP contribution in [-0.2, 0) is 14.4 Å². The van der Waals surface area contributed by atoms with Crippen LogP contribution < -0.4 is 5.32 Å². The lowest BCUT2D eigenvalue weighted by Gasteiger charge is -2.28. The molecule has 1 fully saturated rings. The van der Waals surface area contributed by atoms with Crippen LogP contribution in [0.4, 0.5) is 0 Å². The van der Waals surface area contributed by atoms with Crippen LogP contribution in [0.3, 0.4) is 0 Å². The molecule has 0 aromatic carbocycles. The zero-order valence-electron chi connectivity index (χ0n) is 11.1. The van der Waals surface area contributed by atoms with E-state index < -0.39 is 12.1 Å². The third-order valence-electron chi connectivity index (χ3n) is 3.98. The Hall–Kier alpha value is -1.59. The van der Waals surface area contributed by atoms with Crippen LogP contribution in [0.5, 0.6) is 0 Å². The molecule has 19 heavy (non-hydrogen) atoms. The molecule has 1 aliphatic carbocycles. The molecule has 0 aromatic heterocycles. The minimum Gasteiger partial charge on any atom is -0.477 e. The number of oxime groups is 1. The first-order valence-corrected chi connectivity index (χ1v) is 6.86. The lowest BCUT2D eigenvalue weighted by molar-refractivity contribution is -0.132. The van der Waals surface area contributed by atoms with Crippen molar-refractivity contribution in [3.8, 4) is 0 Å². The minimum absolute atomic E-state index is 0.0471. The largest absolute Gasteiger partial charge is 0.477 e. The second kappa shape index (κ2) is 6.04. The predicted octanol–water partition coefficient (Wildman–Crippen LogP) is 1.30. The second-order valence-electron chi connectivity index (χ2n) is 5.28. The summed E-state index contributed by atoms with van der Waals surface area (Å²) in [5.74, 6) is -0.600. The van der Waals surface area contributed by atoms with Crippen molar-refractivity contribution in [2.45, 2.75) is 57.6 Å². The van der Waals surface area contributed by atoms with Gasteiger partial charge < -0.3 is 15.3 Å². The fraction of sp³-hybridized carbons (Fsp3) is 0.769. The summed E-state index contributed by atoms with van der Waals surface area (Å²) in [6.45, 7) is 2.20. The smallest absolute Gasteiger partial charge is 0.353 e. The lowest BCUT2D eigenvalue weighted by Crippen LogP contribution is -2.43. The van der Waals surface area contributed by atoms with Gasteiger partial charge in [0.25, 0.3) is 5.91 Å². The zero-order chi connectivity index (χ0) is 13.8. The lowest BCUT2D eigenvalue weighted by atomic mass is 9.84. The number of rotatable bonds is 4. The van der Waals surface area contributed by atoms with E-state index in [4.69, 9.17) is 9.94 Å². The van der Waals surface area contributed by atoms with Crippen LogP contribution in [0, 0.1) is 5.92 Å². The van der Waals surface area contributed by atoms with E-state index in [1.165, 1.54) is 6.42 Å². The number of amides is 1. The fourth-order valence-electron chi connectivity index (χ4n) is 2.65. The van der Waals surface area contributed by atoms with Gasteiger partial charge in [0, 0.05) is 12.5 Å². The van der Waals surface area contributed by atoms with Gasteiger partial charge in [-0.15, -0.1) is 0 Å². The van der Waals surface area contributed by atoms with Gasteiger partial charge in [0.15, 0.2) is 5.71 Å². The molecule has 1 heterocycles. The van der Waals surface area contributed by atoms with Gasteiger partial charge in [-0.05, 0) is 31.6 Å². The molecule has 1 saturated carbocycles. The predicted molar refractivity (Wildman–Crippen MR) is 68.7 cm³/mol. The molecule has 0 aromatic rings. The summed E-state index contributed by atoms with van der Waals surface area (Å²) in [4.78, 5) is 27.5. The van der Waals surface area contributed by atoms with E-state index in [0.717, 1.165) is 31.6 Å². The Morgan fingerprint density at radius 1 is 1.37 bits per heavy atom. The molecule has 0 bridgehead atoms. The van der Waals surface area contributed by atoms with Crippen molar-refractivity contribution in [2.75, 3.05) is 0 Å². The van der Waals surface area contributed by atoms with Gasteiger partial charge in [-0.3, -0.25) is 4.79 Å². The van der Waals surface area contributed by atoms with E-state index in [0.29, 0.717) is 0 Å². The van der Waals surface area contributed by atoms with E-state index in [9.17, 15) is 9.59 Å². The summed E-state index contributed by atoms with van der Waals surface area (Å²) in [6.07, 6.45) is 4.73. The molecule has 106 valence electrons. The van der Waals surface area contributed by atoms with Crippen LogP contribution >= 0.6 is 0 Å². The minimum atomic E-state index is -1.13. The van der Waals surface area contributed by atoms with E-state index in [2.05, 4.69) is 17.4 Å². The summed E-state index contributed by atoms with van der Waals surface area (Å²) in [5, 5.41) is 15.1. The van der Waals surface area contributed by atoms with E-state index >= 15 is 0 Å². The summed E-state index contributed by atoms with van der Waals surface area (Å²) in [5.41, 5.74) is -0.0881. The third-order valence-corrected chi connectivity index (χ3v) is 3.98. The standard InChI is InChI=1S/C13H20N2O4/c1-2-8-3-5-9(6-4-8)14-12(16)11-7-10(13(17)18)15-19-11/h8-9,11H,2-7H2,1H3,(H,14,16)(H,17,18). The van der Waals surface area contributed by atoms with Crippen molar-refractivity contribution in [3.05, 3.63) is 0 Å². The first kappa shape index (κ1) is 13.8. The Kier molecular flexibility index (Phi) is 4.39. The number of aliphatic carboxylic acids is 1. The molecule has 2 rings (SSSR count). The van der Waals surface area contributed by atoms with Gasteiger partial charge >= 0.3 is 5.97 Å². The highest BCUT2D eigenvalue weighted by Crippen LogP contribution is 2.26. The zero-order valence-corrected chi connectivity index (χ0v) is 11.1. The van der Waals surface area contributed by atoms with Gasteiger partial charge in [0.05, 0.1) is 0 Å². The van der Waals surface area contributed by atoms with Crippen LogP contribution in [-0.4, -0.2) is 34.8 Å². The average molecular weight is 268 g/mol. The molecular weight excluding hydrogens is 248 g/mol. The van der Waals surface area contributed by atoms with Crippen LogP contribution in [0.1, 0.15) is 45.4 Å². The van der Waals surface area contributed by atoms with E-state index in [1.54, 1.807) is 0 Å². The van der Waals surface area contributed by atoms with Crippen molar-refractivity contribution in [1.29, 1.82) is 0 Å². The molecule has 2 N–H and O–H groups in total. The molecule has 0 saturated heterocycles. The highest BCUT2D eigenvalue weighted by molar-refractivity contribution is 6.36. The summed E-state index contributed by atoms with van der Waals surface area (Å²) in [7, 11) is 0. The van der Waals surface area contributed by atoms with Gasteiger partial charge in [-0.2, -0.15) is 0 Å². The van der Waals surface area contributed by atoms with Crippen LogP contribution in [0.15, 0.2) is 5.16 Å². The maximum Gasteiger partial charge on any atom is 0.353 e. The van der Waals surface area contributed by atoms with Crippen LogP contribution in [0.25, 0.3) is 0 Å². The van der Waals surface area contributed by atoms with Gasteiger partial charge in [0.1, 0.15) is 0 Å². The molecule has 1 unspecified atom stereocenters. The maximum atomic E-state index is 11.9. The van der Waals surface area contributed by atoms with Crippen LogP contribution in [0.2, 0.25) is 0 Å². The van der Waals surface area contributed by atoms with Crippen molar-refractivity contribution < 1.29 is 19.5 Å². The Bertz CT molecular complexity index is 386. The quantitative estimate of drug-likeness (QED) is 0.804. The van der Waals surface area contributed by atoms with Gasteiger partial charge in [-0.25, -0.2) is 4.79 Å². The monoisotopic (exact) mass is 268 g/mol. The number of hydrogen-bond donors (Lipinski definition) is 2. The van der Waals surface area contributed by atoms with E-state index in [1.807, 2.05) is 0 Å². The molecule has 6 nitrogen and oxygen atoms in total. The SMILES string of the molecule is CCC1CCC(NC(=O)C2CC(C(=O)O)=NO2)CC1. The molecule has 1 aliphatic heterocycles. The summed E-state index contributed by atoms with van der Waals surface area (Å²) in [6, 6.07) is 0.188. The topological polar surface area (TPSA) is 88.0 Å². The molecule has 1 amide bonds. The maximum absolute atomic E-state index is 11.9. The van der Waals surface area contributed by atoms with E-state index in [-0.39, 0.29) is 24.1 Å². The van der Waals surface area contributed by atoms with Gasteiger partial charge in [0.2, 0.25) is 6.10 Å². The Balaban J connectivity index is 1.76. The second-order valence-corrected chi connectivity index (χ2v) is 5.28. The Morgan fingerprint density at radius 3 is 2.58 bits per heavy atom. The van der Waals surface area contributed by atoms with Crippen molar-refractivity contribution in [1.82, 2.24) is 5.32 Å². The van der Waals surface area contributed by atoms with Crippen molar-refractivity contribution in [2.24, 2.45) is 11.1 Å². The first-order chi connectivity index (χ1) is 9.10. The number of nitrogens with zero attached hydrogens (tertiary/aromatic N) is 1. The number of nitrogens with one attached hydrogen (secondary N) is 1. The molecule has 0 spiro atoms. The molecule has 6 heteroatoms. The number of carboxylic acid groups (broad SMARTS) is 1. The Labute approximate surface area is 112 Å². The highest BCUT2D eigenvalue weighted by atomic mass is 16.6. The highest BCUT2D eigenvalue weighted by Gasteiger charge is 2.33. The summed E-state index contributed by atoms with van der Waals surface area (Å²) >= 11 is 0. The molecule has 1 atom stereocenters.